The van der Waals surface area contributed by atoms with Crippen LogP contribution in [-0.4, -0.2) is 35.8 Å². The van der Waals surface area contributed by atoms with Crippen LogP contribution >= 0.6 is 0 Å². The molecule has 156 valence electrons. The summed E-state index contributed by atoms with van der Waals surface area (Å²) in [6.07, 6.45) is 0.412. The monoisotopic (exact) mass is 428 g/mol. The van der Waals surface area contributed by atoms with Gasteiger partial charge in [-0.2, -0.15) is 9.78 Å². The Labute approximate surface area is 172 Å². The van der Waals surface area contributed by atoms with Crippen LogP contribution in [0, 0.1) is 6.92 Å². The quantitative estimate of drug-likeness (QED) is 0.531. The Hall–Kier alpha value is -3.50. The summed E-state index contributed by atoms with van der Waals surface area (Å²) in [5.41, 5.74) is 1.33. The number of primary sulfonamides is 1. The first-order chi connectivity index (χ1) is 14.1. The Morgan fingerprint density at radius 2 is 1.87 bits per heavy atom. The Balaban J connectivity index is 1.72. The Kier molecular flexibility index (Phi) is 5.99. The number of aromatic hydroxyl groups is 1. The fraction of sp³-hybridized carbons (Fsp3) is 0.150. The van der Waals surface area contributed by atoms with Gasteiger partial charge in [-0.1, -0.05) is 24.3 Å². The third-order valence-corrected chi connectivity index (χ3v) is 5.25. The maximum Gasteiger partial charge on any atom is 0.275 e. The molecule has 0 fully saturated rings. The van der Waals surface area contributed by atoms with Gasteiger partial charge in [-0.25, -0.2) is 13.6 Å². The van der Waals surface area contributed by atoms with Gasteiger partial charge in [0.05, 0.1) is 10.6 Å². The van der Waals surface area contributed by atoms with Crippen LogP contribution in [0.3, 0.4) is 0 Å². The van der Waals surface area contributed by atoms with Gasteiger partial charge in [-0.05, 0) is 48.7 Å². The van der Waals surface area contributed by atoms with E-state index in [0.29, 0.717) is 12.1 Å². The van der Waals surface area contributed by atoms with Crippen molar-refractivity contribution in [1.82, 2.24) is 15.1 Å². The van der Waals surface area contributed by atoms with Gasteiger partial charge < -0.3 is 10.4 Å². The second-order valence-corrected chi connectivity index (χ2v) is 8.22. The lowest BCUT2D eigenvalue weighted by molar-refractivity contribution is 0.0944. The maximum atomic E-state index is 12.5. The van der Waals surface area contributed by atoms with Crippen molar-refractivity contribution in [2.45, 2.75) is 18.2 Å². The highest BCUT2D eigenvalue weighted by Gasteiger charge is 2.16. The smallest absolute Gasteiger partial charge is 0.275 e. The van der Waals surface area contributed by atoms with E-state index < -0.39 is 27.2 Å². The highest BCUT2D eigenvalue weighted by Crippen LogP contribution is 2.14. The lowest BCUT2D eigenvalue weighted by atomic mass is 10.1. The molecule has 9 nitrogen and oxygen atoms in total. The van der Waals surface area contributed by atoms with Crippen LogP contribution in [0.25, 0.3) is 5.69 Å². The molecular formula is C20H20N4O5S. The van der Waals surface area contributed by atoms with Gasteiger partial charge in [-0.3, -0.25) is 9.59 Å². The molecule has 0 aliphatic heterocycles. The molecule has 0 saturated carbocycles. The second-order valence-electron chi connectivity index (χ2n) is 6.66. The van der Waals surface area contributed by atoms with Gasteiger partial charge in [0, 0.05) is 12.6 Å². The minimum atomic E-state index is -3.76. The van der Waals surface area contributed by atoms with Crippen molar-refractivity contribution in [1.29, 1.82) is 0 Å². The average Bonchev–Trinajstić information content (AvgIpc) is 2.67. The third kappa shape index (κ3) is 4.91. The predicted octanol–water partition coefficient (Wildman–Crippen LogP) is 0.866. The van der Waals surface area contributed by atoms with Crippen LogP contribution < -0.4 is 16.0 Å². The number of aromatic nitrogens is 2. The molecule has 0 bridgehead atoms. The fourth-order valence-corrected chi connectivity index (χ4v) is 3.32. The first-order valence-corrected chi connectivity index (χ1v) is 10.5. The summed E-state index contributed by atoms with van der Waals surface area (Å²) in [5.74, 6) is -1.16. The molecule has 10 heteroatoms. The summed E-state index contributed by atoms with van der Waals surface area (Å²) in [7, 11) is -3.76. The lowest BCUT2D eigenvalue weighted by Crippen LogP contribution is -2.30. The van der Waals surface area contributed by atoms with Crippen molar-refractivity contribution >= 4 is 15.9 Å². The van der Waals surface area contributed by atoms with Crippen molar-refractivity contribution in [3.8, 4) is 11.4 Å². The number of nitrogens with two attached hydrogens (primary N) is 1. The first kappa shape index (κ1) is 21.2. The molecule has 0 unspecified atom stereocenters. The molecule has 3 rings (SSSR count). The van der Waals surface area contributed by atoms with E-state index in [1.807, 2.05) is 13.0 Å². The number of nitrogens with zero attached hydrogens (tertiary/aromatic N) is 2. The predicted molar refractivity (Wildman–Crippen MR) is 110 cm³/mol. The van der Waals surface area contributed by atoms with E-state index in [-0.39, 0.29) is 17.1 Å². The SMILES string of the molecule is Cc1cccc(-n2nc(C(=O)NCCc3ccc(S(N)(=O)=O)cc3)c(O)cc2=O)c1. The van der Waals surface area contributed by atoms with E-state index in [9.17, 15) is 23.1 Å². The molecule has 0 aliphatic rings. The molecular weight excluding hydrogens is 408 g/mol. The van der Waals surface area contributed by atoms with Crippen LogP contribution in [0.15, 0.2) is 64.3 Å². The van der Waals surface area contributed by atoms with E-state index in [4.69, 9.17) is 5.14 Å². The lowest BCUT2D eigenvalue weighted by Gasteiger charge is -2.10. The second kappa shape index (κ2) is 8.47. The van der Waals surface area contributed by atoms with Crippen LogP contribution in [0.2, 0.25) is 0 Å². The van der Waals surface area contributed by atoms with E-state index in [2.05, 4.69) is 10.4 Å². The number of hydrogen-bond acceptors (Lipinski definition) is 6. The summed E-state index contributed by atoms with van der Waals surface area (Å²) in [5, 5.41) is 21.7. The number of aryl methyl sites for hydroxylation is 1. The standard InChI is InChI=1S/C20H20N4O5S/c1-13-3-2-4-15(11-13)24-18(26)12-17(25)19(23-24)20(27)22-10-9-14-5-7-16(8-6-14)30(21,28)29/h2-8,11-12,25H,9-10H2,1H3,(H,22,27)(H2,21,28,29). The zero-order valence-corrected chi connectivity index (χ0v) is 16.9. The number of sulfonamides is 1. The first-order valence-electron chi connectivity index (χ1n) is 8.95. The largest absolute Gasteiger partial charge is 0.505 e. The van der Waals surface area contributed by atoms with Gasteiger partial charge in [-0.15, -0.1) is 0 Å². The average molecular weight is 428 g/mol. The van der Waals surface area contributed by atoms with Crippen molar-refractivity contribution in [3.05, 3.63) is 81.8 Å². The Bertz CT molecular complexity index is 1250. The van der Waals surface area contributed by atoms with E-state index in [1.54, 1.807) is 30.3 Å². The molecule has 1 heterocycles. The number of carbonyl (C=O) groups is 1. The topological polar surface area (TPSA) is 144 Å². The highest BCUT2D eigenvalue weighted by molar-refractivity contribution is 7.89. The molecule has 30 heavy (non-hydrogen) atoms. The highest BCUT2D eigenvalue weighted by atomic mass is 32.2. The summed E-state index contributed by atoms with van der Waals surface area (Å²) >= 11 is 0. The van der Waals surface area contributed by atoms with E-state index in [0.717, 1.165) is 21.9 Å². The minimum Gasteiger partial charge on any atom is -0.505 e. The molecule has 1 aromatic heterocycles. The zero-order valence-electron chi connectivity index (χ0n) is 16.1. The normalized spacial score (nSPS) is 11.3. The number of benzene rings is 2. The molecule has 0 aliphatic carbocycles. The fourth-order valence-electron chi connectivity index (χ4n) is 2.80. The minimum absolute atomic E-state index is 0.00261. The third-order valence-electron chi connectivity index (χ3n) is 4.32. The van der Waals surface area contributed by atoms with Crippen LogP contribution in [0.5, 0.6) is 5.75 Å². The molecule has 0 radical (unpaired) electrons. The van der Waals surface area contributed by atoms with Crippen molar-refractivity contribution in [2.24, 2.45) is 5.14 Å². The maximum absolute atomic E-state index is 12.5. The molecule has 0 saturated heterocycles. The van der Waals surface area contributed by atoms with Gasteiger partial charge in [0.25, 0.3) is 11.5 Å². The molecule has 4 N–H and O–H groups in total. The van der Waals surface area contributed by atoms with Gasteiger partial charge >= 0.3 is 0 Å². The van der Waals surface area contributed by atoms with Gasteiger partial charge in [0.1, 0.15) is 0 Å². The van der Waals surface area contributed by atoms with E-state index >= 15 is 0 Å². The van der Waals surface area contributed by atoms with Crippen molar-refractivity contribution < 1.29 is 18.3 Å². The van der Waals surface area contributed by atoms with Crippen LogP contribution in [-0.2, 0) is 16.4 Å². The van der Waals surface area contributed by atoms with Crippen LogP contribution in [0.1, 0.15) is 21.6 Å². The molecule has 2 aromatic carbocycles. The molecule has 3 aromatic rings. The zero-order chi connectivity index (χ0) is 21.9. The number of hydrogen-bond donors (Lipinski definition) is 3. The van der Waals surface area contributed by atoms with Crippen molar-refractivity contribution in [3.63, 3.8) is 0 Å². The summed E-state index contributed by atoms with van der Waals surface area (Å²) < 4.78 is 23.6. The summed E-state index contributed by atoms with van der Waals surface area (Å²) in [6.45, 7) is 2.07. The summed E-state index contributed by atoms with van der Waals surface area (Å²) in [6, 6.07) is 13.9. The van der Waals surface area contributed by atoms with Crippen LogP contribution in [0.4, 0.5) is 0 Å². The number of rotatable bonds is 6. The Morgan fingerprint density at radius 3 is 2.50 bits per heavy atom. The van der Waals surface area contributed by atoms with Crippen molar-refractivity contribution in [2.75, 3.05) is 6.54 Å². The molecule has 0 spiro atoms. The number of carbonyl (C=O) groups excluding carboxylic acids is 1. The van der Waals surface area contributed by atoms with Gasteiger partial charge in [0.2, 0.25) is 10.0 Å². The van der Waals surface area contributed by atoms with Gasteiger partial charge in [0.15, 0.2) is 11.4 Å². The number of amides is 1. The molecule has 1 amide bonds. The van der Waals surface area contributed by atoms with E-state index in [1.165, 1.54) is 12.1 Å². The molecule has 0 atom stereocenters. The summed E-state index contributed by atoms with van der Waals surface area (Å²) in [4.78, 5) is 24.6. The number of nitrogens with one attached hydrogen (secondary N) is 1. The Morgan fingerprint density at radius 1 is 1.17 bits per heavy atom.